The van der Waals surface area contributed by atoms with Gasteiger partial charge in [-0.3, -0.25) is 8.98 Å². The fourth-order valence-electron chi connectivity index (χ4n) is 8.16. The number of rotatable bonds is 3. The molecule has 0 bridgehead atoms. The lowest BCUT2D eigenvalue weighted by Gasteiger charge is -2.61. The summed E-state index contributed by atoms with van der Waals surface area (Å²) >= 11 is 0. The van der Waals surface area contributed by atoms with E-state index in [2.05, 4.69) is 13.8 Å². The van der Waals surface area contributed by atoms with Crippen LogP contribution in [0.4, 0.5) is 0 Å². The van der Waals surface area contributed by atoms with Crippen LogP contribution in [0.15, 0.2) is 29.2 Å². The van der Waals surface area contributed by atoms with Gasteiger partial charge in [-0.1, -0.05) is 38.0 Å². The molecule has 1 aromatic carbocycles. The molecule has 170 valence electrons. The summed E-state index contributed by atoms with van der Waals surface area (Å²) in [4.78, 5) is 12.5. The molecule has 4 nitrogen and oxygen atoms in total. The first-order valence-corrected chi connectivity index (χ1v) is 13.5. The van der Waals surface area contributed by atoms with Gasteiger partial charge in [-0.05, 0) is 92.1 Å². The molecule has 0 heterocycles. The first-order chi connectivity index (χ1) is 14.6. The molecule has 0 N–H and O–H groups in total. The fraction of sp³-hybridized carbons (Fsp3) is 0.731. The predicted octanol–water partition coefficient (Wildman–Crippen LogP) is 5.68. The van der Waals surface area contributed by atoms with Crippen molar-refractivity contribution < 1.29 is 17.4 Å². The van der Waals surface area contributed by atoms with E-state index in [9.17, 15) is 13.2 Å². The highest BCUT2D eigenvalue weighted by Crippen LogP contribution is 2.66. The van der Waals surface area contributed by atoms with Crippen LogP contribution in [0.25, 0.3) is 0 Å². The molecule has 0 radical (unpaired) electrons. The second-order valence-electron chi connectivity index (χ2n) is 11.5. The maximum Gasteiger partial charge on any atom is 0.297 e. The Morgan fingerprint density at radius 1 is 1.03 bits per heavy atom. The van der Waals surface area contributed by atoms with E-state index in [0.717, 1.165) is 31.2 Å². The standard InChI is InChI=1S/C26H36O4S/c1-17-6-9-20(10-7-17)31(28,29)30-23-16-25(2)13-4-5-22(25)21-11-8-18-15-19(27)12-14-26(18,3)24(21)23/h6-7,9-10,18,21-24H,4-5,8,11-16H2,1-3H3. The Morgan fingerprint density at radius 2 is 1.77 bits per heavy atom. The molecule has 0 spiro atoms. The van der Waals surface area contributed by atoms with E-state index in [-0.39, 0.29) is 27.7 Å². The van der Waals surface area contributed by atoms with Crippen molar-refractivity contribution in [1.82, 2.24) is 0 Å². The lowest BCUT2D eigenvalue weighted by molar-refractivity contribution is -0.160. The van der Waals surface area contributed by atoms with E-state index in [1.54, 1.807) is 12.1 Å². The maximum atomic E-state index is 13.3. The molecular formula is C26H36O4S. The molecule has 7 unspecified atom stereocenters. The van der Waals surface area contributed by atoms with Crippen molar-refractivity contribution in [3.8, 4) is 0 Å². The predicted molar refractivity (Wildman–Crippen MR) is 120 cm³/mol. The Hall–Kier alpha value is -1.20. The summed E-state index contributed by atoms with van der Waals surface area (Å²) in [6.45, 7) is 6.67. The largest absolute Gasteiger partial charge is 0.300 e. The van der Waals surface area contributed by atoms with E-state index < -0.39 is 10.1 Å². The molecular weight excluding hydrogens is 408 g/mol. The van der Waals surface area contributed by atoms with Gasteiger partial charge in [0.25, 0.3) is 10.1 Å². The van der Waals surface area contributed by atoms with Crippen molar-refractivity contribution in [2.75, 3.05) is 0 Å². The van der Waals surface area contributed by atoms with E-state index in [1.807, 2.05) is 19.1 Å². The van der Waals surface area contributed by atoms with Crippen LogP contribution in [0.3, 0.4) is 0 Å². The Balaban J connectivity index is 1.52. The topological polar surface area (TPSA) is 60.4 Å². The van der Waals surface area contributed by atoms with Gasteiger partial charge >= 0.3 is 0 Å². The zero-order valence-electron chi connectivity index (χ0n) is 19.1. The van der Waals surface area contributed by atoms with Gasteiger partial charge in [-0.2, -0.15) is 8.42 Å². The number of ketones is 1. The number of aryl methyl sites for hydroxylation is 1. The summed E-state index contributed by atoms with van der Waals surface area (Å²) in [5.74, 6) is 2.14. The van der Waals surface area contributed by atoms with Gasteiger partial charge in [0.2, 0.25) is 0 Å². The normalized spacial score (nSPS) is 42.5. The van der Waals surface area contributed by atoms with Crippen LogP contribution >= 0.6 is 0 Å². The van der Waals surface area contributed by atoms with Crippen LogP contribution in [0.1, 0.15) is 77.2 Å². The first kappa shape index (κ1) is 21.6. The highest BCUT2D eigenvalue weighted by molar-refractivity contribution is 7.86. The molecule has 0 saturated heterocycles. The van der Waals surface area contributed by atoms with Crippen molar-refractivity contribution in [3.05, 3.63) is 29.8 Å². The minimum absolute atomic E-state index is 0.00574. The number of carbonyl (C=O) groups excluding carboxylic acids is 1. The van der Waals surface area contributed by atoms with Gasteiger partial charge in [-0.25, -0.2) is 0 Å². The third-order valence-corrected chi connectivity index (χ3v) is 11.1. The smallest absolute Gasteiger partial charge is 0.297 e. The zero-order chi connectivity index (χ0) is 22.0. The molecule has 4 aliphatic carbocycles. The molecule has 5 heteroatoms. The Morgan fingerprint density at radius 3 is 2.52 bits per heavy atom. The van der Waals surface area contributed by atoms with Crippen LogP contribution in [0.2, 0.25) is 0 Å². The lowest BCUT2D eigenvalue weighted by Crippen LogP contribution is -2.58. The number of hydrogen-bond donors (Lipinski definition) is 0. The Labute approximate surface area is 187 Å². The van der Waals surface area contributed by atoms with Crippen LogP contribution in [-0.2, 0) is 19.1 Å². The van der Waals surface area contributed by atoms with Crippen molar-refractivity contribution >= 4 is 15.9 Å². The molecule has 4 saturated carbocycles. The van der Waals surface area contributed by atoms with Crippen molar-refractivity contribution in [2.45, 2.75) is 89.6 Å². The van der Waals surface area contributed by atoms with Crippen molar-refractivity contribution in [2.24, 2.45) is 34.5 Å². The number of hydrogen-bond acceptors (Lipinski definition) is 4. The van der Waals surface area contributed by atoms with Crippen LogP contribution in [-0.4, -0.2) is 20.3 Å². The number of Topliss-reactive ketones (excluding diaryl/α,β-unsaturated/α-hetero) is 1. The van der Waals surface area contributed by atoms with E-state index in [1.165, 1.54) is 19.3 Å². The molecule has 1 aromatic rings. The van der Waals surface area contributed by atoms with Gasteiger partial charge in [0, 0.05) is 12.8 Å². The monoisotopic (exact) mass is 444 g/mol. The summed E-state index contributed by atoms with van der Waals surface area (Å²) in [5.41, 5.74) is 1.20. The number of benzene rings is 1. The maximum absolute atomic E-state index is 13.3. The second-order valence-corrected chi connectivity index (χ2v) is 13.0. The van der Waals surface area contributed by atoms with Gasteiger partial charge < -0.3 is 0 Å². The van der Waals surface area contributed by atoms with Crippen LogP contribution < -0.4 is 0 Å². The highest BCUT2D eigenvalue weighted by Gasteiger charge is 2.62. The zero-order valence-corrected chi connectivity index (χ0v) is 19.9. The van der Waals surface area contributed by atoms with E-state index >= 15 is 0 Å². The molecule has 31 heavy (non-hydrogen) atoms. The minimum atomic E-state index is -3.83. The van der Waals surface area contributed by atoms with E-state index in [4.69, 9.17) is 4.18 Å². The van der Waals surface area contributed by atoms with Gasteiger partial charge in [0.05, 0.1) is 11.0 Å². The third kappa shape index (κ3) is 3.51. The summed E-state index contributed by atoms with van der Waals surface area (Å²) in [6.07, 6.45) is 8.59. The lowest BCUT2D eigenvalue weighted by atomic mass is 9.44. The van der Waals surface area contributed by atoms with Gasteiger partial charge in [0.1, 0.15) is 5.78 Å². The SMILES string of the molecule is Cc1ccc(S(=O)(=O)OC2CC3(C)CCCC3C3CCC4CC(=O)CCC4(C)C23)cc1. The van der Waals surface area contributed by atoms with Crippen molar-refractivity contribution in [1.29, 1.82) is 0 Å². The van der Waals surface area contributed by atoms with Gasteiger partial charge in [-0.15, -0.1) is 0 Å². The summed E-state index contributed by atoms with van der Waals surface area (Å²) in [7, 11) is -3.83. The first-order valence-electron chi connectivity index (χ1n) is 12.1. The Kier molecular flexibility index (Phi) is 5.17. The quantitative estimate of drug-likeness (QED) is 0.563. The fourth-order valence-corrected chi connectivity index (χ4v) is 9.25. The summed E-state index contributed by atoms with van der Waals surface area (Å²) in [6, 6.07) is 6.99. The molecule has 4 aliphatic rings. The minimum Gasteiger partial charge on any atom is -0.300 e. The molecule has 5 rings (SSSR count). The van der Waals surface area contributed by atoms with Crippen LogP contribution in [0, 0.1) is 41.4 Å². The Bertz CT molecular complexity index is 968. The van der Waals surface area contributed by atoms with Crippen LogP contribution in [0.5, 0.6) is 0 Å². The summed E-state index contributed by atoms with van der Waals surface area (Å²) in [5, 5.41) is 0. The molecule has 4 fully saturated rings. The molecule has 7 atom stereocenters. The number of fused-ring (bicyclic) bond motifs is 5. The average Bonchev–Trinajstić information content (AvgIpc) is 3.09. The van der Waals surface area contributed by atoms with E-state index in [0.29, 0.717) is 36.4 Å². The molecule has 0 aromatic heterocycles. The number of carbonyl (C=O) groups is 1. The van der Waals surface area contributed by atoms with Crippen molar-refractivity contribution in [3.63, 3.8) is 0 Å². The molecule has 0 amide bonds. The molecule has 0 aliphatic heterocycles. The average molecular weight is 445 g/mol. The second kappa shape index (κ2) is 7.41. The highest BCUT2D eigenvalue weighted by atomic mass is 32.2. The third-order valence-electron chi connectivity index (χ3n) is 9.72. The van der Waals surface area contributed by atoms with Gasteiger partial charge in [0.15, 0.2) is 0 Å². The summed E-state index contributed by atoms with van der Waals surface area (Å²) < 4.78 is 32.8.